The molecule has 0 aliphatic carbocycles. The van der Waals surface area contributed by atoms with Crippen LogP contribution in [0, 0.1) is 0 Å². The van der Waals surface area contributed by atoms with Gasteiger partial charge in [-0.1, -0.05) is 41.1 Å². The minimum atomic E-state index is -0.566. The molecule has 2 amide bonds. The van der Waals surface area contributed by atoms with Crippen molar-refractivity contribution in [1.29, 1.82) is 0 Å². The minimum Gasteiger partial charge on any atom is -0.493 e. The zero-order valence-corrected chi connectivity index (χ0v) is 20.2. The first kappa shape index (κ1) is 24.7. The highest BCUT2D eigenvalue weighted by Crippen LogP contribution is 2.28. The minimum absolute atomic E-state index is 0.0751. The summed E-state index contributed by atoms with van der Waals surface area (Å²) in [5.41, 5.74) is 1.93. The molecule has 31 heavy (non-hydrogen) atoms. The standard InChI is InChI=1S/C24H31BrN2O4/c1-5-13-26-24(29)17(2)27(16-19-7-6-8-20(25)14-19)23(28)12-10-18-9-11-21(30-3)22(15-18)31-4/h6-9,11,14-15,17H,5,10,12-13,16H2,1-4H3,(H,26,29). The molecule has 2 aromatic rings. The van der Waals surface area contributed by atoms with Crippen molar-refractivity contribution in [3.05, 3.63) is 58.1 Å². The number of amides is 2. The highest BCUT2D eigenvalue weighted by Gasteiger charge is 2.25. The zero-order chi connectivity index (χ0) is 22.8. The van der Waals surface area contributed by atoms with Crippen molar-refractivity contribution in [2.24, 2.45) is 0 Å². The number of carbonyl (C=O) groups is 2. The number of hydrogen-bond acceptors (Lipinski definition) is 4. The van der Waals surface area contributed by atoms with Crippen LogP contribution in [0.1, 0.15) is 37.8 Å². The smallest absolute Gasteiger partial charge is 0.242 e. The molecule has 1 atom stereocenters. The van der Waals surface area contributed by atoms with E-state index in [-0.39, 0.29) is 18.2 Å². The lowest BCUT2D eigenvalue weighted by Crippen LogP contribution is -2.47. The fraction of sp³-hybridized carbons (Fsp3) is 0.417. The van der Waals surface area contributed by atoms with Gasteiger partial charge in [0.05, 0.1) is 14.2 Å². The van der Waals surface area contributed by atoms with Crippen molar-refractivity contribution in [1.82, 2.24) is 10.2 Å². The molecule has 2 aromatic carbocycles. The number of carbonyl (C=O) groups excluding carboxylic acids is 2. The Morgan fingerprint density at radius 1 is 1.06 bits per heavy atom. The van der Waals surface area contributed by atoms with Gasteiger partial charge in [-0.2, -0.15) is 0 Å². The van der Waals surface area contributed by atoms with Gasteiger partial charge in [-0.05, 0) is 55.2 Å². The molecule has 7 heteroatoms. The monoisotopic (exact) mass is 490 g/mol. The van der Waals surface area contributed by atoms with E-state index >= 15 is 0 Å². The van der Waals surface area contributed by atoms with Crippen molar-refractivity contribution in [2.45, 2.75) is 45.7 Å². The first-order chi connectivity index (χ1) is 14.9. The summed E-state index contributed by atoms with van der Waals surface area (Å²) < 4.78 is 11.6. The van der Waals surface area contributed by atoms with Gasteiger partial charge in [-0.15, -0.1) is 0 Å². The highest BCUT2D eigenvalue weighted by molar-refractivity contribution is 9.10. The summed E-state index contributed by atoms with van der Waals surface area (Å²) in [6.45, 7) is 4.73. The number of methoxy groups -OCH3 is 2. The lowest BCUT2D eigenvalue weighted by Gasteiger charge is -2.29. The number of rotatable bonds is 11. The molecule has 1 unspecified atom stereocenters. The van der Waals surface area contributed by atoms with E-state index in [1.807, 2.05) is 49.4 Å². The third-order valence-corrected chi connectivity index (χ3v) is 5.53. The number of ether oxygens (including phenoxy) is 2. The predicted molar refractivity (Wildman–Crippen MR) is 125 cm³/mol. The van der Waals surface area contributed by atoms with Crippen molar-refractivity contribution < 1.29 is 19.1 Å². The molecule has 0 bridgehead atoms. The Morgan fingerprint density at radius 3 is 2.45 bits per heavy atom. The molecular formula is C24H31BrN2O4. The zero-order valence-electron chi connectivity index (χ0n) is 18.6. The molecule has 0 saturated heterocycles. The van der Waals surface area contributed by atoms with E-state index < -0.39 is 6.04 Å². The predicted octanol–water partition coefficient (Wildman–Crippen LogP) is 4.34. The molecule has 0 fully saturated rings. The second-order valence-corrected chi connectivity index (χ2v) is 8.22. The van der Waals surface area contributed by atoms with Gasteiger partial charge >= 0.3 is 0 Å². The average molecular weight is 491 g/mol. The highest BCUT2D eigenvalue weighted by atomic mass is 79.9. The first-order valence-corrected chi connectivity index (χ1v) is 11.2. The Hall–Kier alpha value is -2.54. The van der Waals surface area contributed by atoms with Crippen LogP contribution in [0.4, 0.5) is 0 Å². The molecule has 1 N–H and O–H groups in total. The molecule has 0 saturated carbocycles. The van der Waals surface area contributed by atoms with Crippen molar-refractivity contribution >= 4 is 27.7 Å². The molecule has 0 spiro atoms. The fourth-order valence-electron chi connectivity index (χ4n) is 3.24. The van der Waals surface area contributed by atoms with Gasteiger partial charge in [0.2, 0.25) is 11.8 Å². The van der Waals surface area contributed by atoms with Crippen molar-refractivity contribution in [3.63, 3.8) is 0 Å². The maximum atomic E-state index is 13.2. The largest absolute Gasteiger partial charge is 0.493 e. The quantitative estimate of drug-likeness (QED) is 0.508. The van der Waals surface area contributed by atoms with E-state index in [0.29, 0.717) is 31.0 Å². The number of halogens is 1. The molecule has 2 rings (SSSR count). The Bertz CT molecular complexity index is 888. The van der Waals surface area contributed by atoms with Gasteiger partial charge in [0.25, 0.3) is 0 Å². The van der Waals surface area contributed by atoms with E-state index in [9.17, 15) is 9.59 Å². The number of hydrogen-bond donors (Lipinski definition) is 1. The molecule has 0 heterocycles. The van der Waals surface area contributed by atoms with E-state index in [0.717, 1.165) is 22.0 Å². The van der Waals surface area contributed by atoms with Crippen LogP contribution in [-0.2, 0) is 22.6 Å². The molecule has 168 valence electrons. The van der Waals surface area contributed by atoms with E-state index in [1.165, 1.54) is 0 Å². The Balaban J connectivity index is 2.15. The third kappa shape index (κ3) is 7.28. The molecular weight excluding hydrogens is 460 g/mol. The topological polar surface area (TPSA) is 67.9 Å². The Labute approximate surface area is 193 Å². The van der Waals surface area contributed by atoms with Gasteiger partial charge in [-0.25, -0.2) is 0 Å². The van der Waals surface area contributed by atoms with Gasteiger partial charge in [0.15, 0.2) is 11.5 Å². The summed E-state index contributed by atoms with van der Waals surface area (Å²) in [7, 11) is 3.18. The summed E-state index contributed by atoms with van der Waals surface area (Å²) >= 11 is 3.47. The lowest BCUT2D eigenvalue weighted by atomic mass is 10.1. The van der Waals surface area contributed by atoms with E-state index in [4.69, 9.17) is 9.47 Å². The Morgan fingerprint density at radius 2 is 1.81 bits per heavy atom. The van der Waals surface area contributed by atoms with E-state index in [2.05, 4.69) is 21.2 Å². The molecule has 6 nitrogen and oxygen atoms in total. The number of benzene rings is 2. The molecule has 0 aliphatic rings. The van der Waals surface area contributed by atoms with Crippen LogP contribution >= 0.6 is 15.9 Å². The maximum Gasteiger partial charge on any atom is 0.242 e. The first-order valence-electron chi connectivity index (χ1n) is 10.4. The van der Waals surface area contributed by atoms with Crippen LogP contribution in [0.15, 0.2) is 46.9 Å². The van der Waals surface area contributed by atoms with Crippen LogP contribution in [0.5, 0.6) is 11.5 Å². The van der Waals surface area contributed by atoms with Crippen molar-refractivity contribution in [3.8, 4) is 11.5 Å². The SMILES string of the molecule is CCCNC(=O)C(C)N(Cc1cccc(Br)c1)C(=O)CCc1ccc(OC)c(OC)c1. The molecule has 0 radical (unpaired) electrons. The summed E-state index contributed by atoms with van der Waals surface area (Å²) in [5, 5.41) is 2.89. The molecule has 0 aliphatic heterocycles. The maximum absolute atomic E-state index is 13.2. The van der Waals surface area contributed by atoms with Crippen LogP contribution in [0.3, 0.4) is 0 Å². The van der Waals surface area contributed by atoms with Gasteiger partial charge in [0, 0.05) is 24.0 Å². The lowest BCUT2D eigenvalue weighted by molar-refractivity contribution is -0.140. The normalized spacial score (nSPS) is 11.5. The average Bonchev–Trinajstić information content (AvgIpc) is 2.78. The van der Waals surface area contributed by atoms with Gasteiger partial charge in [-0.3, -0.25) is 9.59 Å². The summed E-state index contributed by atoms with van der Waals surface area (Å²) in [4.78, 5) is 27.4. The van der Waals surface area contributed by atoms with E-state index in [1.54, 1.807) is 26.0 Å². The van der Waals surface area contributed by atoms with Gasteiger partial charge < -0.3 is 19.7 Å². The molecule has 0 aromatic heterocycles. The van der Waals surface area contributed by atoms with Crippen LogP contribution < -0.4 is 14.8 Å². The second kappa shape index (κ2) is 12.3. The number of nitrogens with one attached hydrogen (secondary N) is 1. The van der Waals surface area contributed by atoms with Crippen LogP contribution in [-0.4, -0.2) is 43.5 Å². The van der Waals surface area contributed by atoms with Crippen LogP contribution in [0.2, 0.25) is 0 Å². The van der Waals surface area contributed by atoms with Crippen LogP contribution in [0.25, 0.3) is 0 Å². The van der Waals surface area contributed by atoms with Gasteiger partial charge in [0.1, 0.15) is 6.04 Å². The summed E-state index contributed by atoms with van der Waals surface area (Å²) in [6.07, 6.45) is 1.67. The number of nitrogens with zero attached hydrogens (tertiary/aromatic N) is 1. The summed E-state index contributed by atoms with van der Waals surface area (Å²) in [5.74, 6) is 1.06. The third-order valence-electron chi connectivity index (χ3n) is 5.03. The number of aryl methyl sites for hydroxylation is 1. The fourth-order valence-corrected chi connectivity index (χ4v) is 3.69. The Kier molecular flexibility index (Phi) is 9.85. The second-order valence-electron chi connectivity index (χ2n) is 7.31. The van der Waals surface area contributed by atoms with Crippen molar-refractivity contribution in [2.75, 3.05) is 20.8 Å². The summed E-state index contributed by atoms with van der Waals surface area (Å²) in [6, 6.07) is 12.8.